The zero-order valence-electron chi connectivity index (χ0n) is 26.5. The van der Waals surface area contributed by atoms with Crippen molar-refractivity contribution in [1.82, 2.24) is 9.88 Å². The Morgan fingerprint density at radius 1 is 1.00 bits per heavy atom. The van der Waals surface area contributed by atoms with Gasteiger partial charge in [0, 0.05) is 17.4 Å². The van der Waals surface area contributed by atoms with Gasteiger partial charge in [0.05, 0.1) is 30.0 Å². The van der Waals surface area contributed by atoms with E-state index in [0.717, 1.165) is 37.3 Å². The van der Waals surface area contributed by atoms with E-state index in [1.165, 1.54) is 31.2 Å². The smallest absolute Gasteiger partial charge is 0.353 e. The molecule has 0 N–H and O–H groups in total. The Morgan fingerprint density at radius 3 is 2.24 bits per heavy atom. The second kappa shape index (κ2) is 17.0. The summed E-state index contributed by atoms with van der Waals surface area (Å²) in [4.78, 5) is 45.2. The number of nitrogens with zero attached hydrogens (tertiary/aromatic N) is 3. The minimum Gasteiger partial charge on any atom is -0.492 e. The van der Waals surface area contributed by atoms with Crippen LogP contribution >= 0.6 is 11.3 Å². The van der Waals surface area contributed by atoms with Crippen molar-refractivity contribution in [3.63, 3.8) is 0 Å². The quantitative estimate of drug-likeness (QED) is 0.139. The molecule has 240 valence electrons. The van der Waals surface area contributed by atoms with E-state index in [-0.39, 0.29) is 17.0 Å². The van der Waals surface area contributed by atoms with Gasteiger partial charge in [-0.2, -0.15) is 5.26 Å². The Morgan fingerprint density at radius 2 is 1.64 bits per heavy atom. The van der Waals surface area contributed by atoms with Gasteiger partial charge in [0.2, 0.25) is 11.4 Å². The third kappa shape index (κ3) is 10.0. The average molecular weight is 654 g/mol. The molecule has 1 heterocycles. The maximum absolute atomic E-state index is 12.9. The van der Waals surface area contributed by atoms with Crippen LogP contribution in [0.5, 0.6) is 5.75 Å². The molecule has 12 heteroatoms. The van der Waals surface area contributed by atoms with Gasteiger partial charge in [-0.25, -0.2) is 18.8 Å². The van der Waals surface area contributed by atoms with Crippen LogP contribution in [0.4, 0.5) is 0 Å². The summed E-state index contributed by atoms with van der Waals surface area (Å²) in [5.41, 5.74) is 1.60. The van der Waals surface area contributed by atoms with Gasteiger partial charge in [-0.1, -0.05) is 27.7 Å². The number of esters is 2. The molecule has 0 saturated heterocycles. The van der Waals surface area contributed by atoms with Crippen LogP contribution in [0.2, 0.25) is 0 Å². The number of nitriles is 1. The zero-order chi connectivity index (χ0) is 33.1. The Bertz CT molecular complexity index is 1560. The number of aryl methyl sites for hydroxylation is 1. The number of carbonyl (C=O) groups excluding carboxylic acids is 3. The molecule has 0 fully saturated rings. The first-order valence-corrected chi connectivity index (χ1v) is 16.8. The predicted octanol–water partition coefficient (Wildman–Crippen LogP) is 6.14. The summed E-state index contributed by atoms with van der Waals surface area (Å²) in [7, 11) is -1.87. The normalized spacial score (nSPS) is 12.4. The summed E-state index contributed by atoms with van der Waals surface area (Å²) in [5, 5.41) is 9.71. The van der Waals surface area contributed by atoms with Gasteiger partial charge in [0.15, 0.2) is 0 Å². The monoisotopic (exact) mass is 653 g/mol. The number of ether oxygens (including phenoxy) is 3. The van der Waals surface area contributed by atoms with Crippen molar-refractivity contribution in [1.29, 1.82) is 5.26 Å². The lowest BCUT2D eigenvalue weighted by molar-refractivity contribution is -0.112. The molecule has 2 atom stereocenters. The van der Waals surface area contributed by atoms with E-state index in [4.69, 9.17) is 14.2 Å². The molecule has 0 spiro atoms. The third-order valence-corrected chi connectivity index (χ3v) is 8.82. The molecule has 0 amide bonds. The summed E-state index contributed by atoms with van der Waals surface area (Å²) < 4.78 is 29.1. The largest absolute Gasteiger partial charge is 0.492 e. The van der Waals surface area contributed by atoms with Crippen LogP contribution < -0.4 is 4.74 Å². The number of benzene rings is 2. The Hall–Kier alpha value is -3.92. The fourth-order valence-electron chi connectivity index (χ4n) is 4.28. The van der Waals surface area contributed by atoms with E-state index in [2.05, 4.69) is 11.1 Å². The standard InChI is InChI=1S/C33H39N3O7S2/c1-7-15-36(16-8-2)19-29(37)45(40)27-12-9-24(10-13-27)32(38)42-23(6)43-33(39)30-22(5)35-31(44-30)25-11-14-28(26(17-25)18-34)41-20-21(3)4/h9-14,17,21,23H,7-8,15-16,19-20H2,1-6H3. The lowest BCUT2D eigenvalue weighted by atomic mass is 10.1. The lowest BCUT2D eigenvalue weighted by Gasteiger charge is -2.19. The highest BCUT2D eigenvalue weighted by Gasteiger charge is 2.23. The topological polar surface area (TPSA) is 136 Å². The predicted molar refractivity (Wildman–Crippen MR) is 173 cm³/mol. The second-order valence-electron chi connectivity index (χ2n) is 10.8. The highest BCUT2D eigenvalue weighted by Crippen LogP contribution is 2.32. The molecule has 0 bridgehead atoms. The summed E-state index contributed by atoms with van der Waals surface area (Å²) in [6.45, 7) is 13.3. The maximum atomic E-state index is 12.9. The van der Waals surface area contributed by atoms with Crippen molar-refractivity contribution in [2.75, 3.05) is 26.2 Å². The van der Waals surface area contributed by atoms with Crippen LogP contribution in [0, 0.1) is 24.2 Å². The molecule has 1 aromatic heterocycles. The van der Waals surface area contributed by atoms with Crippen LogP contribution in [0.3, 0.4) is 0 Å². The van der Waals surface area contributed by atoms with Crippen LogP contribution in [-0.4, -0.2) is 63.7 Å². The first-order valence-electron chi connectivity index (χ1n) is 14.8. The van der Waals surface area contributed by atoms with Gasteiger partial charge in [-0.05, 0) is 81.2 Å². The summed E-state index contributed by atoms with van der Waals surface area (Å²) in [6, 6.07) is 13.0. The molecular formula is C33H39N3O7S2. The molecule has 0 aliphatic rings. The van der Waals surface area contributed by atoms with Gasteiger partial charge in [-0.3, -0.25) is 9.69 Å². The number of aromatic nitrogens is 1. The molecule has 2 unspecified atom stereocenters. The van der Waals surface area contributed by atoms with Crippen molar-refractivity contribution in [3.05, 3.63) is 64.2 Å². The Balaban J connectivity index is 1.61. The number of thiazole rings is 1. The van der Waals surface area contributed by atoms with Gasteiger partial charge < -0.3 is 14.2 Å². The highest BCUT2D eigenvalue weighted by molar-refractivity contribution is 8.00. The van der Waals surface area contributed by atoms with E-state index in [9.17, 15) is 23.9 Å². The van der Waals surface area contributed by atoms with Crippen molar-refractivity contribution in [2.45, 2.75) is 65.6 Å². The van der Waals surface area contributed by atoms with Crippen LogP contribution in [0.1, 0.15) is 78.7 Å². The first-order chi connectivity index (χ1) is 21.5. The van der Waals surface area contributed by atoms with Crippen LogP contribution in [0.15, 0.2) is 47.4 Å². The fraction of sp³-hybridized carbons (Fsp3) is 0.424. The maximum Gasteiger partial charge on any atom is 0.353 e. The first kappa shape index (κ1) is 35.6. The lowest BCUT2D eigenvalue weighted by Crippen LogP contribution is -2.33. The van der Waals surface area contributed by atoms with Gasteiger partial charge in [0.25, 0.3) is 0 Å². The van der Waals surface area contributed by atoms with Gasteiger partial charge in [0.1, 0.15) is 32.5 Å². The molecule has 3 rings (SSSR count). The summed E-state index contributed by atoms with van der Waals surface area (Å²) in [5.74, 6) is -0.671. The second-order valence-corrected chi connectivity index (χ2v) is 13.2. The average Bonchev–Trinajstić information content (AvgIpc) is 3.41. The number of carbonyl (C=O) groups is 3. The Labute approximate surface area is 270 Å². The number of hydrogen-bond acceptors (Lipinski definition) is 11. The molecule has 0 aliphatic heterocycles. The summed E-state index contributed by atoms with van der Waals surface area (Å²) in [6.07, 6.45) is 0.571. The van der Waals surface area contributed by atoms with E-state index in [1.54, 1.807) is 25.1 Å². The van der Waals surface area contributed by atoms with Gasteiger partial charge in [-0.15, -0.1) is 11.3 Å². The van der Waals surface area contributed by atoms with Crippen LogP contribution in [0.25, 0.3) is 10.6 Å². The van der Waals surface area contributed by atoms with Crippen molar-refractivity contribution >= 4 is 39.2 Å². The van der Waals surface area contributed by atoms with Crippen LogP contribution in [-0.2, 0) is 25.1 Å². The molecule has 45 heavy (non-hydrogen) atoms. The molecule has 3 aromatic rings. The van der Waals surface area contributed by atoms with Crippen molar-refractivity contribution in [2.24, 2.45) is 5.92 Å². The van der Waals surface area contributed by atoms with E-state index in [1.807, 2.05) is 32.6 Å². The fourth-order valence-corrected chi connectivity index (χ4v) is 6.17. The van der Waals surface area contributed by atoms with Gasteiger partial charge >= 0.3 is 11.9 Å². The summed E-state index contributed by atoms with van der Waals surface area (Å²) >= 11 is 1.10. The third-order valence-electron chi connectivity index (χ3n) is 6.39. The van der Waals surface area contributed by atoms with E-state index in [0.29, 0.717) is 45.0 Å². The minimum atomic E-state index is -1.87. The van der Waals surface area contributed by atoms with Crippen molar-refractivity contribution in [3.8, 4) is 22.4 Å². The van der Waals surface area contributed by atoms with E-state index < -0.39 is 34.1 Å². The highest BCUT2D eigenvalue weighted by atomic mass is 32.2. The Kier molecular flexibility index (Phi) is 13.4. The molecule has 10 nitrogen and oxygen atoms in total. The van der Waals surface area contributed by atoms with E-state index >= 15 is 0 Å². The van der Waals surface area contributed by atoms with Crippen molar-refractivity contribution < 1.29 is 32.8 Å². The molecule has 0 saturated carbocycles. The molecule has 0 radical (unpaired) electrons. The SMILES string of the molecule is CCCN(CCC)CC(=O)S(=O)c1ccc(C(=O)OC(C)OC(=O)c2sc(-c3ccc(OCC(C)C)c(C#N)c3)nc2C)cc1. The molecule has 0 aliphatic carbocycles. The minimum absolute atomic E-state index is 0.0995. The number of hydrogen-bond donors (Lipinski definition) is 0. The zero-order valence-corrected chi connectivity index (χ0v) is 28.1. The molecule has 2 aromatic carbocycles. The molecular weight excluding hydrogens is 615 g/mol. The number of rotatable bonds is 15.